The van der Waals surface area contributed by atoms with Gasteiger partial charge in [0.15, 0.2) is 0 Å². The number of fused-ring (bicyclic) bond motifs is 1. The quantitative estimate of drug-likeness (QED) is 0.802. The summed E-state index contributed by atoms with van der Waals surface area (Å²) in [5.41, 5.74) is 1.70. The summed E-state index contributed by atoms with van der Waals surface area (Å²) in [6.07, 6.45) is 3.62. The summed E-state index contributed by atoms with van der Waals surface area (Å²) in [5, 5.41) is 1.12. The molecular weight excluding hydrogens is 212 g/mol. The number of nitrogens with one attached hydrogen (secondary N) is 1. The van der Waals surface area contributed by atoms with Crippen LogP contribution in [-0.2, 0) is 0 Å². The van der Waals surface area contributed by atoms with Crippen molar-refractivity contribution in [2.45, 2.75) is 6.92 Å². The van der Waals surface area contributed by atoms with Crippen molar-refractivity contribution in [3.63, 3.8) is 0 Å². The molecule has 0 aliphatic rings. The van der Waals surface area contributed by atoms with Crippen LogP contribution in [0.2, 0.25) is 0 Å². The van der Waals surface area contributed by atoms with E-state index in [1.807, 2.05) is 37.4 Å². The van der Waals surface area contributed by atoms with Gasteiger partial charge in [0.25, 0.3) is 5.91 Å². The summed E-state index contributed by atoms with van der Waals surface area (Å²) < 4.78 is 0. The molecular formula is C14H16N2O. The highest BCUT2D eigenvalue weighted by atomic mass is 16.2. The van der Waals surface area contributed by atoms with Crippen LogP contribution in [0.15, 0.2) is 43.1 Å². The number of H-pyrrole nitrogens is 1. The largest absolute Gasteiger partial charge is 0.361 e. The highest BCUT2D eigenvalue weighted by Gasteiger charge is 2.13. The molecule has 1 aromatic carbocycles. The van der Waals surface area contributed by atoms with E-state index < -0.39 is 0 Å². The van der Waals surface area contributed by atoms with Crippen LogP contribution in [0.5, 0.6) is 0 Å². The van der Waals surface area contributed by atoms with Crippen molar-refractivity contribution in [3.8, 4) is 0 Å². The molecule has 1 heterocycles. The number of hydrogen-bond donors (Lipinski definition) is 1. The minimum atomic E-state index is 0.0453. The number of carbonyl (C=O) groups is 1. The van der Waals surface area contributed by atoms with Gasteiger partial charge in [-0.15, -0.1) is 6.58 Å². The normalized spacial score (nSPS) is 10.4. The zero-order valence-electron chi connectivity index (χ0n) is 9.94. The molecule has 88 valence electrons. The molecule has 2 aromatic rings. The fraction of sp³-hybridized carbons (Fsp3) is 0.214. The molecule has 0 spiro atoms. The highest BCUT2D eigenvalue weighted by molar-refractivity contribution is 5.98. The number of rotatable bonds is 4. The molecule has 0 atom stereocenters. The molecule has 0 unspecified atom stereocenters. The Morgan fingerprint density at radius 1 is 1.47 bits per heavy atom. The molecule has 17 heavy (non-hydrogen) atoms. The van der Waals surface area contributed by atoms with E-state index in [1.165, 1.54) is 0 Å². The van der Waals surface area contributed by atoms with E-state index in [4.69, 9.17) is 0 Å². The molecule has 0 bridgehead atoms. The van der Waals surface area contributed by atoms with Crippen LogP contribution >= 0.6 is 0 Å². The highest BCUT2D eigenvalue weighted by Crippen LogP contribution is 2.15. The maximum Gasteiger partial charge on any atom is 0.254 e. The Balaban J connectivity index is 2.31. The second kappa shape index (κ2) is 4.87. The molecule has 0 aliphatic carbocycles. The lowest BCUT2D eigenvalue weighted by molar-refractivity contribution is 0.0782. The molecule has 1 N–H and O–H groups in total. The number of carbonyl (C=O) groups excluding carboxylic acids is 1. The Hall–Kier alpha value is -2.03. The Kier molecular flexibility index (Phi) is 3.28. The lowest BCUT2D eigenvalue weighted by atomic mass is 10.1. The summed E-state index contributed by atoms with van der Waals surface area (Å²) >= 11 is 0. The van der Waals surface area contributed by atoms with Gasteiger partial charge < -0.3 is 9.88 Å². The van der Waals surface area contributed by atoms with Crippen LogP contribution in [0.3, 0.4) is 0 Å². The van der Waals surface area contributed by atoms with Crippen molar-refractivity contribution < 1.29 is 4.79 Å². The van der Waals surface area contributed by atoms with Crippen molar-refractivity contribution in [1.82, 2.24) is 9.88 Å². The summed E-state index contributed by atoms with van der Waals surface area (Å²) in [6, 6.07) is 7.71. The minimum Gasteiger partial charge on any atom is -0.361 e. The first kappa shape index (κ1) is 11.5. The second-order valence-corrected chi connectivity index (χ2v) is 3.91. The molecule has 1 aromatic heterocycles. The van der Waals surface area contributed by atoms with E-state index in [0.717, 1.165) is 10.9 Å². The van der Waals surface area contributed by atoms with Gasteiger partial charge in [0.05, 0.1) is 0 Å². The van der Waals surface area contributed by atoms with Gasteiger partial charge in [-0.1, -0.05) is 12.1 Å². The van der Waals surface area contributed by atoms with Gasteiger partial charge in [0.1, 0.15) is 0 Å². The molecule has 2 rings (SSSR count). The Morgan fingerprint density at radius 2 is 2.29 bits per heavy atom. The van der Waals surface area contributed by atoms with E-state index in [2.05, 4.69) is 11.6 Å². The van der Waals surface area contributed by atoms with Crippen LogP contribution in [0.4, 0.5) is 0 Å². The molecule has 0 aliphatic heterocycles. The van der Waals surface area contributed by atoms with Gasteiger partial charge in [-0.3, -0.25) is 4.79 Å². The number of amides is 1. The van der Waals surface area contributed by atoms with Crippen molar-refractivity contribution >= 4 is 16.8 Å². The maximum absolute atomic E-state index is 12.2. The van der Waals surface area contributed by atoms with Crippen molar-refractivity contribution in [2.24, 2.45) is 0 Å². The Labute approximate surface area is 101 Å². The van der Waals surface area contributed by atoms with E-state index in [-0.39, 0.29) is 5.91 Å². The predicted octanol–water partition coefficient (Wildman–Crippen LogP) is 2.82. The van der Waals surface area contributed by atoms with Crippen LogP contribution in [0, 0.1) is 0 Å². The van der Waals surface area contributed by atoms with Crippen molar-refractivity contribution in [1.29, 1.82) is 0 Å². The lowest BCUT2D eigenvalue weighted by Crippen LogP contribution is -2.30. The first-order valence-electron chi connectivity index (χ1n) is 5.73. The number of aromatic nitrogens is 1. The molecule has 3 heteroatoms. The van der Waals surface area contributed by atoms with Gasteiger partial charge >= 0.3 is 0 Å². The van der Waals surface area contributed by atoms with E-state index in [9.17, 15) is 4.79 Å². The van der Waals surface area contributed by atoms with E-state index >= 15 is 0 Å². The third-order valence-corrected chi connectivity index (χ3v) is 2.82. The van der Waals surface area contributed by atoms with Crippen LogP contribution < -0.4 is 0 Å². The van der Waals surface area contributed by atoms with Crippen molar-refractivity contribution in [3.05, 3.63) is 48.7 Å². The molecule has 0 saturated carbocycles. The molecule has 1 amide bonds. The fourth-order valence-electron chi connectivity index (χ4n) is 1.87. The van der Waals surface area contributed by atoms with Gasteiger partial charge in [0.2, 0.25) is 0 Å². The number of nitrogens with zero attached hydrogens (tertiary/aromatic N) is 1. The number of benzene rings is 1. The Bertz CT molecular complexity index is 542. The Morgan fingerprint density at radius 3 is 3.00 bits per heavy atom. The second-order valence-electron chi connectivity index (χ2n) is 3.91. The zero-order valence-corrected chi connectivity index (χ0v) is 9.94. The number of aromatic amines is 1. The molecule has 3 nitrogen and oxygen atoms in total. The lowest BCUT2D eigenvalue weighted by Gasteiger charge is -2.18. The van der Waals surface area contributed by atoms with Crippen molar-refractivity contribution in [2.75, 3.05) is 13.1 Å². The molecule has 0 saturated heterocycles. The SMILES string of the molecule is C=CCN(CC)C(=O)c1ccc2cc[nH]c2c1. The van der Waals surface area contributed by atoms with Gasteiger partial charge in [-0.2, -0.15) is 0 Å². The maximum atomic E-state index is 12.2. The van der Waals surface area contributed by atoms with Gasteiger partial charge in [-0.05, 0) is 30.5 Å². The van der Waals surface area contributed by atoms with Crippen LogP contribution in [-0.4, -0.2) is 28.9 Å². The smallest absolute Gasteiger partial charge is 0.254 e. The molecule has 0 fully saturated rings. The average Bonchev–Trinajstić information content (AvgIpc) is 2.82. The number of hydrogen-bond acceptors (Lipinski definition) is 1. The third kappa shape index (κ3) is 2.23. The minimum absolute atomic E-state index is 0.0453. The predicted molar refractivity (Wildman–Crippen MR) is 70.1 cm³/mol. The summed E-state index contributed by atoms with van der Waals surface area (Å²) in [7, 11) is 0. The zero-order chi connectivity index (χ0) is 12.3. The fourth-order valence-corrected chi connectivity index (χ4v) is 1.87. The monoisotopic (exact) mass is 228 g/mol. The topological polar surface area (TPSA) is 36.1 Å². The summed E-state index contributed by atoms with van der Waals surface area (Å²) in [5.74, 6) is 0.0453. The summed E-state index contributed by atoms with van der Waals surface area (Å²) in [4.78, 5) is 17.1. The van der Waals surface area contributed by atoms with E-state index in [1.54, 1.807) is 11.0 Å². The van der Waals surface area contributed by atoms with E-state index in [0.29, 0.717) is 18.7 Å². The first-order chi connectivity index (χ1) is 8.26. The first-order valence-corrected chi connectivity index (χ1v) is 5.73. The average molecular weight is 228 g/mol. The van der Waals surface area contributed by atoms with Crippen LogP contribution in [0.1, 0.15) is 17.3 Å². The third-order valence-electron chi connectivity index (χ3n) is 2.82. The van der Waals surface area contributed by atoms with Gasteiger partial charge in [-0.25, -0.2) is 0 Å². The van der Waals surface area contributed by atoms with Gasteiger partial charge in [0, 0.05) is 30.4 Å². The molecule has 0 radical (unpaired) electrons. The van der Waals surface area contributed by atoms with Crippen LogP contribution in [0.25, 0.3) is 10.9 Å². The number of likely N-dealkylation sites (N-methyl/N-ethyl adjacent to an activating group) is 1. The standard InChI is InChI=1S/C14H16N2O/c1-3-9-16(4-2)14(17)12-6-5-11-7-8-15-13(11)10-12/h3,5-8,10,15H,1,4,9H2,2H3. The summed E-state index contributed by atoms with van der Waals surface area (Å²) in [6.45, 7) is 6.90.